The van der Waals surface area contributed by atoms with Crippen LogP contribution >= 0.6 is 0 Å². The molecule has 1 amide bonds. The monoisotopic (exact) mass is 315 g/mol. The van der Waals surface area contributed by atoms with Crippen LogP contribution < -0.4 is 5.73 Å². The van der Waals surface area contributed by atoms with E-state index in [9.17, 15) is 4.79 Å². The first-order valence-corrected chi connectivity index (χ1v) is 7.72. The zero-order valence-electron chi connectivity index (χ0n) is 13.2. The smallest absolute Gasteiger partial charge is 0.290 e. The third-order valence-corrected chi connectivity index (χ3v) is 4.04. The molecule has 3 rings (SSSR count). The molecule has 2 aromatic rings. The predicted molar refractivity (Wildman–Crippen MR) is 85.8 cm³/mol. The number of carbonyl (C=O) groups excluding carboxylic acids is 1. The Morgan fingerprint density at radius 2 is 2.30 bits per heavy atom. The van der Waals surface area contributed by atoms with Crippen LogP contribution in [0.3, 0.4) is 0 Å². The lowest BCUT2D eigenvalue weighted by Gasteiger charge is -2.32. The summed E-state index contributed by atoms with van der Waals surface area (Å²) in [5.74, 6) is 0.949. The minimum absolute atomic E-state index is 0.0300. The Balaban J connectivity index is 1.58. The number of pyridine rings is 1. The summed E-state index contributed by atoms with van der Waals surface area (Å²) in [6, 6.07) is 3.83. The zero-order valence-corrected chi connectivity index (χ0v) is 13.2. The molecule has 7 nitrogen and oxygen atoms in total. The number of carbonyl (C=O) groups is 1. The number of anilines is 1. The quantitative estimate of drug-likeness (QED) is 0.905. The average molecular weight is 315 g/mol. The molecule has 0 bridgehead atoms. The van der Waals surface area contributed by atoms with Crippen molar-refractivity contribution < 1.29 is 9.53 Å². The second-order valence-corrected chi connectivity index (χ2v) is 5.73. The number of nitrogen functional groups attached to an aromatic ring is 1. The van der Waals surface area contributed by atoms with Gasteiger partial charge in [0.1, 0.15) is 5.82 Å². The van der Waals surface area contributed by atoms with E-state index < -0.39 is 0 Å². The molecule has 0 unspecified atom stereocenters. The van der Waals surface area contributed by atoms with Crippen molar-refractivity contribution in [2.45, 2.75) is 18.9 Å². The number of nitrogens with zero attached hydrogens (tertiary/aromatic N) is 4. The van der Waals surface area contributed by atoms with E-state index in [1.54, 1.807) is 23.2 Å². The van der Waals surface area contributed by atoms with Crippen LogP contribution in [0.2, 0.25) is 0 Å². The van der Waals surface area contributed by atoms with Gasteiger partial charge in [-0.15, -0.1) is 0 Å². The number of amides is 1. The summed E-state index contributed by atoms with van der Waals surface area (Å²) in [5.41, 5.74) is 6.83. The number of morpholine rings is 1. The summed E-state index contributed by atoms with van der Waals surface area (Å²) in [5, 5.41) is 0. The highest BCUT2D eigenvalue weighted by Gasteiger charge is 2.26. The van der Waals surface area contributed by atoms with Crippen molar-refractivity contribution in [3.05, 3.63) is 42.1 Å². The van der Waals surface area contributed by atoms with E-state index in [4.69, 9.17) is 10.5 Å². The highest BCUT2D eigenvalue weighted by molar-refractivity contribution is 5.90. The van der Waals surface area contributed by atoms with Gasteiger partial charge >= 0.3 is 0 Å². The lowest BCUT2D eigenvalue weighted by molar-refractivity contribution is -0.0250. The molecule has 1 saturated heterocycles. The van der Waals surface area contributed by atoms with Gasteiger partial charge in [-0.3, -0.25) is 4.79 Å². The number of rotatable bonds is 4. The molecule has 3 heterocycles. The molecule has 122 valence electrons. The topological polar surface area (TPSA) is 86.3 Å². The number of imidazole rings is 1. The molecule has 23 heavy (non-hydrogen) atoms. The first-order chi connectivity index (χ1) is 11.1. The fourth-order valence-corrected chi connectivity index (χ4v) is 2.77. The van der Waals surface area contributed by atoms with Gasteiger partial charge in [0.2, 0.25) is 0 Å². The molecule has 0 aliphatic carbocycles. The SMILES string of the molecule is Cn1ccnc1C(=O)N1CCO[C@H](CCc2ccnc(N)c2)C1. The van der Waals surface area contributed by atoms with Crippen LogP contribution in [-0.4, -0.2) is 51.1 Å². The second-order valence-electron chi connectivity index (χ2n) is 5.73. The lowest BCUT2D eigenvalue weighted by Crippen LogP contribution is -2.46. The van der Waals surface area contributed by atoms with E-state index in [0.717, 1.165) is 18.4 Å². The summed E-state index contributed by atoms with van der Waals surface area (Å²) < 4.78 is 7.53. The molecular weight excluding hydrogens is 294 g/mol. The number of nitrogens with two attached hydrogens (primary N) is 1. The molecule has 2 N–H and O–H groups in total. The number of hydrogen-bond donors (Lipinski definition) is 1. The van der Waals surface area contributed by atoms with Crippen LogP contribution in [0.15, 0.2) is 30.7 Å². The Labute approximate surface area is 135 Å². The highest BCUT2D eigenvalue weighted by atomic mass is 16.5. The van der Waals surface area contributed by atoms with Crippen molar-refractivity contribution in [1.82, 2.24) is 19.4 Å². The largest absolute Gasteiger partial charge is 0.384 e. The van der Waals surface area contributed by atoms with E-state index in [1.165, 1.54) is 0 Å². The molecular formula is C16H21N5O2. The molecule has 1 fully saturated rings. The van der Waals surface area contributed by atoms with Crippen molar-refractivity contribution in [2.24, 2.45) is 7.05 Å². The first kappa shape index (κ1) is 15.5. The number of aryl methyl sites for hydroxylation is 2. The molecule has 1 aliphatic rings. The molecule has 0 saturated carbocycles. The Morgan fingerprint density at radius 1 is 1.43 bits per heavy atom. The van der Waals surface area contributed by atoms with E-state index in [1.807, 2.05) is 24.1 Å². The summed E-state index contributed by atoms with van der Waals surface area (Å²) in [7, 11) is 1.83. The fourth-order valence-electron chi connectivity index (χ4n) is 2.77. The fraction of sp³-hybridized carbons (Fsp3) is 0.438. The maximum atomic E-state index is 12.5. The van der Waals surface area contributed by atoms with Crippen LogP contribution in [0, 0.1) is 0 Å². The van der Waals surface area contributed by atoms with Crippen molar-refractivity contribution in [3.63, 3.8) is 0 Å². The Morgan fingerprint density at radius 3 is 3.04 bits per heavy atom. The molecule has 2 aromatic heterocycles. The van der Waals surface area contributed by atoms with Crippen molar-refractivity contribution in [2.75, 3.05) is 25.4 Å². The first-order valence-electron chi connectivity index (χ1n) is 7.72. The minimum Gasteiger partial charge on any atom is -0.384 e. The van der Waals surface area contributed by atoms with Gasteiger partial charge in [0.15, 0.2) is 5.82 Å². The normalized spacial score (nSPS) is 18.1. The molecule has 0 aromatic carbocycles. The van der Waals surface area contributed by atoms with E-state index in [-0.39, 0.29) is 12.0 Å². The van der Waals surface area contributed by atoms with Gasteiger partial charge in [-0.05, 0) is 30.5 Å². The van der Waals surface area contributed by atoms with E-state index in [0.29, 0.717) is 31.3 Å². The average Bonchev–Trinajstić information content (AvgIpc) is 2.99. The standard InChI is InChI=1S/C16H21N5O2/c1-20-7-6-19-15(20)16(22)21-8-9-23-13(11-21)3-2-12-4-5-18-14(17)10-12/h4-7,10,13H,2-3,8-9,11H2,1H3,(H2,17,18)/t13-/m1/s1. The van der Waals surface area contributed by atoms with E-state index in [2.05, 4.69) is 9.97 Å². The van der Waals surface area contributed by atoms with Gasteiger partial charge in [-0.1, -0.05) is 0 Å². The minimum atomic E-state index is -0.0426. The van der Waals surface area contributed by atoms with Crippen LogP contribution in [0.4, 0.5) is 5.82 Å². The lowest BCUT2D eigenvalue weighted by atomic mass is 10.1. The predicted octanol–water partition coefficient (Wildman–Crippen LogP) is 0.871. The van der Waals surface area contributed by atoms with Gasteiger partial charge in [-0.2, -0.15) is 0 Å². The molecule has 1 aliphatic heterocycles. The third-order valence-electron chi connectivity index (χ3n) is 4.04. The van der Waals surface area contributed by atoms with Crippen LogP contribution in [0.1, 0.15) is 22.6 Å². The van der Waals surface area contributed by atoms with Crippen LogP contribution in [-0.2, 0) is 18.2 Å². The van der Waals surface area contributed by atoms with Gasteiger partial charge in [-0.25, -0.2) is 9.97 Å². The van der Waals surface area contributed by atoms with Gasteiger partial charge < -0.3 is 19.9 Å². The summed E-state index contributed by atoms with van der Waals surface area (Å²) >= 11 is 0. The van der Waals surface area contributed by atoms with Crippen LogP contribution in [0.25, 0.3) is 0 Å². The Hall–Kier alpha value is -2.41. The van der Waals surface area contributed by atoms with Crippen molar-refractivity contribution in [3.8, 4) is 0 Å². The molecule has 1 atom stereocenters. The number of ether oxygens (including phenoxy) is 1. The summed E-state index contributed by atoms with van der Waals surface area (Å²) in [6.45, 7) is 1.75. The van der Waals surface area contributed by atoms with Crippen molar-refractivity contribution >= 4 is 11.7 Å². The molecule has 0 spiro atoms. The maximum absolute atomic E-state index is 12.5. The molecule has 7 heteroatoms. The van der Waals surface area contributed by atoms with Gasteiger partial charge in [0, 0.05) is 38.7 Å². The van der Waals surface area contributed by atoms with Crippen molar-refractivity contribution in [1.29, 1.82) is 0 Å². The Kier molecular flexibility index (Phi) is 4.57. The third kappa shape index (κ3) is 3.68. The summed E-state index contributed by atoms with van der Waals surface area (Å²) in [4.78, 5) is 22.4. The van der Waals surface area contributed by atoms with Gasteiger partial charge in [0.25, 0.3) is 5.91 Å². The van der Waals surface area contributed by atoms with Crippen LogP contribution in [0.5, 0.6) is 0 Å². The summed E-state index contributed by atoms with van der Waals surface area (Å²) in [6.07, 6.45) is 6.85. The van der Waals surface area contributed by atoms with E-state index >= 15 is 0 Å². The Bertz CT molecular complexity index is 685. The number of aromatic nitrogens is 3. The second kappa shape index (κ2) is 6.78. The zero-order chi connectivity index (χ0) is 16.2. The highest BCUT2D eigenvalue weighted by Crippen LogP contribution is 2.15. The van der Waals surface area contributed by atoms with Gasteiger partial charge in [0.05, 0.1) is 12.7 Å². The molecule has 0 radical (unpaired) electrons. The number of hydrogen-bond acceptors (Lipinski definition) is 5. The maximum Gasteiger partial charge on any atom is 0.290 e.